The van der Waals surface area contributed by atoms with Gasteiger partial charge in [-0.05, 0) is 54.9 Å². The second-order valence-corrected chi connectivity index (χ2v) is 8.18. The fourth-order valence-corrected chi connectivity index (χ4v) is 4.61. The number of carboxylic acids is 1. The molecule has 1 fully saturated rings. The molecule has 0 atom stereocenters. The number of benzene rings is 1. The van der Waals surface area contributed by atoms with Crippen LogP contribution in [0.25, 0.3) is 0 Å². The molecule has 5 nitrogen and oxygen atoms in total. The topological polar surface area (TPSA) is 83.5 Å². The van der Waals surface area contributed by atoms with Crippen LogP contribution in [0.4, 0.5) is 0 Å². The molecule has 1 saturated heterocycles. The SMILES string of the molecule is Cc1ccc(S(=O)(=O)NCC2CCSCC2)cc1C(=O)O. The normalized spacial score (nSPS) is 16.8. The van der Waals surface area contributed by atoms with E-state index in [9.17, 15) is 13.2 Å². The summed E-state index contributed by atoms with van der Waals surface area (Å²) in [7, 11) is -3.65. The largest absolute Gasteiger partial charge is 0.478 e. The average molecular weight is 329 g/mol. The third kappa shape index (κ3) is 4.21. The van der Waals surface area contributed by atoms with E-state index in [1.165, 1.54) is 18.2 Å². The Bertz CT molecular complexity index is 622. The van der Waals surface area contributed by atoms with Gasteiger partial charge in [-0.25, -0.2) is 17.9 Å². The zero-order chi connectivity index (χ0) is 15.5. The fourth-order valence-electron chi connectivity index (χ4n) is 2.26. The van der Waals surface area contributed by atoms with Crippen LogP contribution < -0.4 is 4.72 Å². The molecule has 0 bridgehead atoms. The second kappa shape index (κ2) is 6.81. The molecule has 0 radical (unpaired) electrons. The Balaban J connectivity index is 2.11. The molecule has 2 N–H and O–H groups in total. The summed E-state index contributed by atoms with van der Waals surface area (Å²) in [6, 6.07) is 4.19. The Kier molecular flexibility index (Phi) is 5.29. The summed E-state index contributed by atoms with van der Waals surface area (Å²) in [5.41, 5.74) is 0.567. The van der Waals surface area contributed by atoms with E-state index in [1.54, 1.807) is 6.92 Å². The highest BCUT2D eigenvalue weighted by molar-refractivity contribution is 7.99. The molecule has 0 unspecified atom stereocenters. The number of hydrogen-bond acceptors (Lipinski definition) is 4. The van der Waals surface area contributed by atoms with Crippen LogP contribution >= 0.6 is 11.8 Å². The van der Waals surface area contributed by atoms with Crippen LogP contribution in [0.5, 0.6) is 0 Å². The van der Waals surface area contributed by atoms with Crippen LogP contribution in [0.1, 0.15) is 28.8 Å². The third-order valence-corrected chi connectivity index (χ3v) is 6.12. The van der Waals surface area contributed by atoms with Crippen molar-refractivity contribution in [3.8, 4) is 0 Å². The van der Waals surface area contributed by atoms with Crippen LogP contribution in [0.3, 0.4) is 0 Å². The van der Waals surface area contributed by atoms with Gasteiger partial charge in [0.25, 0.3) is 0 Å². The lowest BCUT2D eigenvalue weighted by Crippen LogP contribution is -2.31. The maximum atomic E-state index is 12.3. The predicted octanol–water partition coefficient (Wildman–Crippen LogP) is 2.11. The molecule has 116 valence electrons. The molecule has 1 aromatic rings. The van der Waals surface area contributed by atoms with Gasteiger partial charge in [0.05, 0.1) is 10.5 Å². The zero-order valence-electron chi connectivity index (χ0n) is 11.8. The van der Waals surface area contributed by atoms with E-state index in [4.69, 9.17) is 5.11 Å². The van der Waals surface area contributed by atoms with E-state index in [0.717, 1.165) is 24.3 Å². The minimum Gasteiger partial charge on any atom is -0.478 e. The van der Waals surface area contributed by atoms with E-state index < -0.39 is 16.0 Å². The van der Waals surface area contributed by atoms with Crippen molar-refractivity contribution in [1.29, 1.82) is 0 Å². The number of nitrogens with one attached hydrogen (secondary N) is 1. The minimum atomic E-state index is -3.65. The first-order valence-electron chi connectivity index (χ1n) is 6.81. The molecule has 0 amide bonds. The average Bonchev–Trinajstić information content (AvgIpc) is 2.46. The third-order valence-electron chi connectivity index (χ3n) is 3.65. The number of rotatable bonds is 5. The number of thioether (sulfide) groups is 1. The van der Waals surface area contributed by atoms with Gasteiger partial charge in [0.1, 0.15) is 0 Å². The number of carbonyl (C=O) groups is 1. The first-order chi connectivity index (χ1) is 9.90. The quantitative estimate of drug-likeness (QED) is 0.864. The summed E-state index contributed by atoms with van der Waals surface area (Å²) in [4.78, 5) is 11.1. The van der Waals surface area contributed by atoms with E-state index in [2.05, 4.69) is 4.72 Å². The van der Waals surface area contributed by atoms with E-state index in [0.29, 0.717) is 18.0 Å². The maximum Gasteiger partial charge on any atom is 0.335 e. The summed E-state index contributed by atoms with van der Waals surface area (Å²) in [5, 5.41) is 9.07. The molecule has 0 aromatic heterocycles. The van der Waals surface area contributed by atoms with Gasteiger partial charge >= 0.3 is 5.97 Å². The summed E-state index contributed by atoms with van der Waals surface area (Å²) >= 11 is 1.89. The Morgan fingerprint density at radius 1 is 1.38 bits per heavy atom. The van der Waals surface area contributed by atoms with E-state index >= 15 is 0 Å². The molecular formula is C14H19NO4S2. The fraction of sp³-hybridized carbons (Fsp3) is 0.500. The van der Waals surface area contributed by atoms with Crippen LogP contribution in [-0.4, -0.2) is 37.5 Å². The standard InChI is InChI=1S/C14H19NO4S2/c1-10-2-3-12(8-13(10)14(16)17)21(18,19)15-9-11-4-6-20-7-5-11/h2-3,8,11,15H,4-7,9H2,1H3,(H,16,17). The molecule has 1 aromatic carbocycles. The Morgan fingerprint density at radius 2 is 2.05 bits per heavy atom. The lowest BCUT2D eigenvalue weighted by atomic mass is 10.0. The van der Waals surface area contributed by atoms with Crippen molar-refractivity contribution in [2.24, 2.45) is 5.92 Å². The summed E-state index contributed by atoms with van der Waals surface area (Å²) in [6.45, 7) is 2.06. The highest BCUT2D eigenvalue weighted by Gasteiger charge is 2.20. The lowest BCUT2D eigenvalue weighted by Gasteiger charge is -2.21. The molecule has 0 saturated carbocycles. The Hall–Kier alpha value is -1.05. The Labute approximate surface area is 129 Å². The molecule has 7 heteroatoms. The first-order valence-corrected chi connectivity index (χ1v) is 9.45. The molecule has 2 rings (SSSR count). The Morgan fingerprint density at radius 3 is 2.67 bits per heavy atom. The van der Waals surface area contributed by atoms with Crippen LogP contribution in [0.15, 0.2) is 23.1 Å². The highest BCUT2D eigenvalue weighted by Crippen LogP contribution is 2.23. The summed E-state index contributed by atoms with van der Waals surface area (Å²) in [6.07, 6.45) is 2.03. The molecule has 0 aliphatic carbocycles. The van der Waals surface area contributed by atoms with Gasteiger partial charge in [-0.2, -0.15) is 11.8 Å². The van der Waals surface area contributed by atoms with Gasteiger partial charge in [0.15, 0.2) is 0 Å². The number of sulfonamides is 1. The number of carboxylic acid groups (broad SMARTS) is 1. The van der Waals surface area contributed by atoms with Gasteiger partial charge in [-0.15, -0.1) is 0 Å². The summed E-state index contributed by atoms with van der Waals surface area (Å²) < 4.78 is 27.1. The maximum absolute atomic E-state index is 12.3. The monoisotopic (exact) mass is 329 g/mol. The van der Waals surface area contributed by atoms with E-state index in [-0.39, 0.29) is 10.5 Å². The minimum absolute atomic E-state index is 0.00989. The van der Waals surface area contributed by atoms with Gasteiger partial charge < -0.3 is 5.11 Å². The number of aromatic carboxylic acids is 1. The van der Waals surface area contributed by atoms with Crippen molar-refractivity contribution in [2.45, 2.75) is 24.7 Å². The molecule has 1 aliphatic rings. The van der Waals surface area contributed by atoms with Crippen LogP contribution in [0.2, 0.25) is 0 Å². The van der Waals surface area contributed by atoms with Crippen molar-refractivity contribution in [2.75, 3.05) is 18.1 Å². The van der Waals surface area contributed by atoms with Gasteiger partial charge in [0.2, 0.25) is 10.0 Å². The smallest absolute Gasteiger partial charge is 0.335 e. The molecule has 0 spiro atoms. The number of aryl methyl sites for hydroxylation is 1. The van der Waals surface area contributed by atoms with Gasteiger partial charge in [-0.3, -0.25) is 0 Å². The zero-order valence-corrected chi connectivity index (χ0v) is 13.5. The molecular weight excluding hydrogens is 310 g/mol. The first kappa shape index (κ1) is 16.3. The van der Waals surface area contributed by atoms with Gasteiger partial charge in [-0.1, -0.05) is 6.07 Å². The van der Waals surface area contributed by atoms with Crippen LogP contribution in [0, 0.1) is 12.8 Å². The molecule has 21 heavy (non-hydrogen) atoms. The molecule has 1 heterocycles. The lowest BCUT2D eigenvalue weighted by molar-refractivity contribution is 0.0696. The van der Waals surface area contributed by atoms with Crippen LogP contribution in [-0.2, 0) is 10.0 Å². The number of hydrogen-bond donors (Lipinski definition) is 2. The van der Waals surface area contributed by atoms with Crippen molar-refractivity contribution in [3.05, 3.63) is 29.3 Å². The van der Waals surface area contributed by atoms with Crippen molar-refractivity contribution in [3.63, 3.8) is 0 Å². The van der Waals surface area contributed by atoms with Gasteiger partial charge in [0, 0.05) is 6.54 Å². The van der Waals surface area contributed by atoms with Crippen molar-refractivity contribution >= 4 is 27.8 Å². The van der Waals surface area contributed by atoms with Crippen molar-refractivity contribution in [1.82, 2.24) is 4.72 Å². The van der Waals surface area contributed by atoms with Crippen molar-refractivity contribution < 1.29 is 18.3 Å². The predicted molar refractivity (Wildman–Crippen MR) is 83.4 cm³/mol. The summed E-state index contributed by atoms with van der Waals surface area (Å²) in [5.74, 6) is 1.39. The molecule has 1 aliphatic heterocycles. The van der Waals surface area contributed by atoms with E-state index in [1.807, 2.05) is 11.8 Å². The highest BCUT2D eigenvalue weighted by atomic mass is 32.2. The second-order valence-electron chi connectivity index (χ2n) is 5.19.